The maximum Gasteiger partial charge on any atom is 0.237 e. The number of carbonyl (C=O) groups excluding carboxylic acids is 1. The molecule has 2 rings (SSSR count). The summed E-state index contributed by atoms with van der Waals surface area (Å²) in [7, 11) is 2.09. The average molecular weight is 275 g/mol. The summed E-state index contributed by atoms with van der Waals surface area (Å²) in [5.41, 5.74) is 1.30. The van der Waals surface area contributed by atoms with Crippen molar-refractivity contribution in [2.75, 3.05) is 20.1 Å². The molecule has 1 aromatic rings. The molecular formula is C16H25N3O. The first kappa shape index (κ1) is 15.0. The molecule has 2 atom stereocenters. The molecule has 4 nitrogen and oxygen atoms in total. The molecule has 0 aromatic heterocycles. The minimum absolute atomic E-state index is 0.0110. The second-order valence-electron chi connectivity index (χ2n) is 5.74. The van der Waals surface area contributed by atoms with Gasteiger partial charge in [-0.1, -0.05) is 30.3 Å². The number of nitrogens with one attached hydrogen (secondary N) is 2. The van der Waals surface area contributed by atoms with Crippen LogP contribution in [0.5, 0.6) is 0 Å². The molecule has 0 bridgehead atoms. The first-order valence-electron chi connectivity index (χ1n) is 7.41. The molecule has 0 spiro atoms. The predicted molar refractivity (Wildman–Crippen MR) is 81.4 cm³/mol. The summed E-state index contributed by atoms with van der Waals surface area (Å²) in [6.45, 7) is 4.78. The average Bonchev–Trinajstić information content (AvgIpc) is 2.93. The van der Waals surface area contributed by atoms with Crippen molar-refractivity contribution >= 4 is 5.91 Å². The monoisotopic (exact) mass is 275 g/mol. The van der Waals surface area contributed by atoms with E-state index >= 15 is 0 Å². The van der Waals surface area contributed by atoms with Crippen molar-refractivity contribution in [2.45, 2.75) is 38.4 Å². The van der Waals surface area contributed by atoms with Crippen molar-refractivity contribution in [3.63, 3.8) is 0 Å². The van der Waals surface area contributed by atoms with E-state index in [0.717, 1.165) is 32.5 Å². The SMILES string of the molecule is CC(CN(C)Cc1ccccc1)NC(=O)[C@@H]1CCCN1. The summed E-state index contributed by atoms with van der Waals surface area (Å²) in [6.07, 6.45) is 2.05. The zero-order chi connectivity index (χ0) is 14.4. The summed E-state index contributed by atoms with van der Waals surface area (Å²) in [5.74, 6) is 0.142. The molecule has 0 radical (unpaired) electrons. The van der Waals surface area contributed by atoms with Crippen molar-refractivity contribution in [2.24, 2.45) is 0 Å². The van der Waals surface area contributed by atoms with Crippen LogP contribution in [0.1, 0.15) is 25.3 Å². The van der Waals surface area contributed by atoms with Gasteiger partial charge in [0.25, 0.3) is 0 Å². The van der Waals surface area contributed by atoms with E-state index in [0.29, 0.717) is 0 Å². The largest absolute Gasteiger partial charge is 0.351 e. The summed E-state index contributed by atoms with van der Waals surface area (Å²) < 4.78 is 0. The lowest BCUT2D eigenvalue weighted by molar-refractivity contribution is -0.123. The molecule has 2 N–H and O–H groups in total. The zero-order valence-electron chi connectivity index (χ0n) is 12.4. The lowest BCUT2D eigenvalue weighted by Gasteiger charge is -2.23. The van der Waals surface area contributed by atoms with Gasteiger partial charge in [-0.25, -0.2) is 0 Å². The van der Waals surface area contributed by atoms with Crippen molar-refractivity contribution in [3.8, 4) is 0 Å². The van der Waals surface area contributed by atoms with Crippen LogP contribution in [0.25, 0.3) is 0 Å². The van der Waals surface area contributed by atoms with Crippen LogP contribution in [-0.4, -0.2) is 43.0 Å². The minimum Gasteiger partial charge on any atom is -0.351 e. The summed E-state index contributed by atoms with van der Waals surface area (Å²) in [4.78, 5) is 14.2. The van der Waals surface area contributed by atoms with Crippen LogP contribution < -0.4 is 10.6 Å². The molecule has 110 valence electrons. The zero-order valence-corrected chi connectivity index (χ0v) is 12.4. The molecular weight excluding hydrogens is 250 g/mol. The fourth-order valence-electron chi connectivity index (χ4n) is 2.72. The molecule has 1 heterocycles. The quantitative estimate of drug-likeness (QED) is 0.824. The van der Waals surface area contributed by atoms with Gasteiger partial charge in [-0.05, 0) is 38.9 Å². The normalized spacial score (nSPS) is 20.1. The second kappa shape index (κ2) is 7.41. The lowest BCUT2D eigenvalue weighted by Crippen LogP contribution is -2.47. The Kier molecular flexibility index (Phi) is 5.56. The Labute approximate surface area is 121 Å². The van der Waals surface area contributed by atoms with Crippen LogP contribution in [0, 0.1) is 0 Å². The van der Waals surface area contributed by atoms with Crippen LogP contribution in [-0.2, 0) is 11.3 Å². The molecule has 1 fully saturated rings. The number of hydrogen-bond acceptors (Lipinski definition) is 3. The van der Waals surface area contributed by atoms with Gasteiger partial charge in [0, 0.05) is 19.1 Å². The summed E-state index contributed by atoms with van der Waals surface area (Å²) >= 11 is 0. The van der Waals surface area contributed by atoms with Crippen LogP contribution >= 0.6 is 0 Å². The van der Waals surface area contributed by atoms with Gasteiger partial charge < -0.3 is 15.5 Å². The number of hydrogen-bond donors (Lipinski definition) is 2. The van der Waals surface area contributed by atoms with Gasteiger partial charge in [0.1, 0.15) is 0 Å². The Morgan fingerprint density at radius 3 is 2.85 bits per heavy atom. The van der Waals surface area contributed by atoms with E-state index in [1.54, 1.807) is 0 Å². The Hall–Kier alpha value is -1.39. The molecule has 1 amide bonds. The number of amides is 1. The third-order valence-corrected chi connectivity index (χ3v) is 3.65. The fourth-order valence-corrected chi connectivity index (χ4v) is 2.72. The van der Waals surface area contributed by atoms with E-state index < -0.39 is 0 Å². The van der Waals surface area contributed by atoms with E-state index in [1.165, 1.54) is 5.56 Å². The number of carbonyl (C=O) groups is 1. The first-order valence-corrected chi connectivity index (χ1v) is 7.41. The van der Waals surface area contributed by atoms with Gasteiger partial charge in [0.05, 0.1) is 6.04 Å². The molecule has 1 aromatic carbocycles. The van der Waals surface area contributed by atoms with Crippen molar-refractivity contribution in [1.29, 1.82) is 0 Å². The molecule has 1 unspecified atom stereocenters. The Bertz CT molecular complexity index is 415. The van der Waals surface area contributed by atoms with Gasteiger partial charge >= 0.3 is 0 Å². The predicted octanol–water partition coefficient (Wildman–Crippen LogP) is 1.38. The van der Waals surface area contributed by atoms with Crippen LogP contribution in [0.3, 0.4) is 0 Å². The maximum atomic E-state index is 12.0. The summed E-state index contributed by atoms with van der Waals surface area (Å²) in [5, 5.41) is 6.32. The Balaban J connectivity index is 1.73. The van der Waals surface area contributed by atoms with E-state index in [9.17, 15) is 4.79 Å². The molecule has 1 saturated heterocycles. The van der Waals surface area contributed by atoms with Crippen LogP contribution in [0.15, 0.2) is 30.3 Å². The highest BCUT2D eigenvalue weighted by Gasteiger charge is 2.23. The van der Waals surface area contributed by atoms with Gasteiger partial charge in [-0.15, -0.1) is 0 Å². The molecule has 0 saturated carbocycles. The van der Waals surface area contributed by atoms with E-state index in [1.807, 2.05) is 6.07 Å². The third-order valence-electron chi connectivity index (χ3n) is 3.65. The highest BCUT2D eigenvalue weighted by molar-refractivity contribution is 5.82. The second-order valence-corrected chi connectivity index (χ2v) is 5.74. The molecule has 1 aliphatic rings. The van der Waals surface area contributed by atoms with E-state index in [4.69, 9.17) is 0 Å². The number of likely N-dealkylation sites (N-methyl/N-ethyl adjacent to an activating group) is 1. The number of rotatable bonds is 6. The fraction of sp³-hybridized carbons (Fsp3) is 0.562. The van der Waals surface area contributed by atoms with E-state index in [2.05, 4.69) is 53.8 Å². The van der Waals surface area contributed by atoms with Crippen LogP contribution in [0.2, 0.25) is 0 Å². The maximum absolute atomic E-state index is 12.0. The Morgan fingerprint density at radius 1 is 1.45 bits per heavy atom. The first-order chi connectivity index (χ1) is 9.65. The molecule has 4 heteroatoms. The smallest absolute Gasteiger partial charge is 0.237 e. The van der Waals surface area contributed by atoms with Crippen LogP contribution in [0.4, 0.5) is 0 Å². The van der Waals surface area contributed by atoms with Gasteiger partial charge in [0.2, 0.25) is 5.91 Å². The van der Waals surface area contributed by atoms with Gasteiger partial charge in [-0.2, -0.15) is 0 Å². The van der Waals surface area contributed by atoms with Gasteiger partial charge in [0.15, 0.2) is 0 Å². The van der Waals surface area contributed by atoms with Crippen molar-refractivity contribution in [1.82, 2.24) is 15.5 Å². The highest BCUT2D eigenvalue weighted by atomic mass is 16.2. The van der Waals surface area contributed by atoms with Crippen molar-refractivity contribution in [3.05, 3.63) is 35.9 Å². The van der Waals surface area contributed by atoms with E-state index in [-0.39, 0.29) is 18.0 Å². The summed E-state index contributed by atoms with van der Waals surface area (Å²) in [6, 6.07) is 10.6. The highest BCUT2D eigenvalue weighted by Crippen LogP contribution is 2.06. The van der Waals surface area contributed by atoms with Gasteiger partial charge in [-0.3, -0.25) is 4.79 Å². The third kappa shape index (κ3) is 4.62. The molecule has 20 heavy (non-hydrogen) atoms. The Morgan fingerprint density at radius 2 is 2.20 bits per heavy atom. The lowest BCUT2D eigenvalue weighted by atomic mass is 10.2. The number of nitrogens with zero attached hydrogens (tertiary/aromatic N) is 1. The topological polar surface area (TPSA) is 44.4 Å². The minimum atomic E-state index is 0.0110. The van der Waals surface area contributed by atoms with Crippen molar-refractivity contribution < 1.29 is 4.79 Å². The molecule has 0 aliphatic carbocycles. The number of benzene rings is 1. The molecule has 1 aliphatic heterocycles. The standard InChI is InChI=1S/C16H25N3O/c1-13(18-16(20)15-9-6-10-17-15)11-19(2)12-14-7-4-3-5-8-14/h3-5,7-8,13,15,17H,6,9-12H2,1-2H3,(H,18,20)/t13?,15-/m0/s1.